The molecule has 4 aromatic rings. The molecule has 7 nitrogen and oxygen atoms in total. The number of ether oxygens (including phenoxy) is 2. The van der Waals surface area contributed by atoms with Gasteiger partial charge in [0.25, 0.3) is 0 Å². The number of halogens is 1. The van der Waals surface area contributed by atoms with Crippen LogP contribution in [0, 0.1) is 23.1 Å². The number of nitriles is 1. The van der Waals surface area contributed by atoms with Gasteiger partial charge in [-0.2, -0.15) is 5.26 Å². The van der Waals surface area contributed by atoms with E-state index in [1.165, 1.54) is 6.07 Å². The van der Waals surface area contributed by atoms with Crippen molar-refractivity contribution in [2.45, 2.75) is 38.2 Å². The van der Waals surface area contributed by atoms with E-state index in [0.29, 0.717) is 41.3 Å². The number of fused-ring (bicyclic) bond motifs is 3. The molecule has 1 fully saturated rings. The minimum atomic E-state index is -0.457. The molecular formula is C28H26FN5O2. The summed E-state index contributed by atoms with van der Waals surface area (Å²) in [6.07, 6.45) is 9.32. The molecule has 0 spiro atoms. The first kappa shape index (κ1) is 22.8. The molecule has 1 atom stereocenters. The molecule has 0 bridgehead atoms. The Morgan fingerprint density at radius 1 is 1.11 bits per heavy atom. The van der Waals surface area contributed by atoms with Gasteiger partial charge in [-0.05, 0) is 31.2 Å². The Morgan fingerprint density at radius 2 is 1.92 bits per heavy atom. The molecule has 0 saturated carbocycles. The maximum atomic E-state index is 15.2. The Morgan fingerprint density at radius 3 is 2.72 bits per heavy atom. The van der Waals surface area contributed by atoms with Gasteiger partial charge in [-0.25, -0.2) is 19.3 Å². The predicted octanol–water partition coefficient (Wildman–Crippen LogP) is 4.82. The second-order valence-electron chi connectivity index (χ2n) is 9.39. The van der Waals surface area contributed by atoms with Crippen LogP contribution in [0.2, 0.25) is 0 Å². The van der Waals surface area contributed by atoms with Crippen molar-refractivity contribution in [3.8, 4) is 17.2 Å². The van der Waals surface area contributed by atoms with E-state index in [0.717, 1.165) is 61.7 Å². The first-order valence-electron chi connectivity index (χ1n) is 12.4. The van der Waals surface area contributed by atoms with Crippen molar-refractivity contribution in [2.24, 2.45) is 5.92 Å². The van der Waals surface area contributed by atoms with Gasteiger partial charge in [0.1, 0.15) is 23.4 Å². The number of aryl methyl sites for hydroxylation is 1. The van der Waals surface area contributed by atoms with E-state index in [1.807, 2.05) is 22.6 Å². The molecule has 6 rings (SSSR count). The number of benzene rings is 1. The number of nitrogens with zero attached hydrogens (tertiary/aromatic N) is 5. The number of hydrogen-bond donors (Lipinski definition) is 0. The van der Waals surface area contributed by atoms with Gasteiger partial charge in [-0.1, -0.05) is 18.2 Å². The molecule has 1 unspecified atom stereocenters. The summed E-state index contributed by atoms with van der Waals surface area (Å²) in [7, 11) is 0. The molecule has 2 aliphatic heterocycles. The first-order chi connectivity index (χ1) is 17.7. The molecule has 182 valence electrons. The minimum absolute atomic E-state index is 0.377. The number of hydrogen-bond acceptors (Lipinski definition) is 6. The molecule has 5 heterocycles. The van der Waals surface area contributed by atoms with Crippen molar-refractivity contribution in [3.05, 3.63) is 83.1 Å². The van der Waals surface area contributed by atoms with E-state index < -0.39 is 6.10 Å². The van der Waals surface area contributed by atoms with Crippen molar-refractivity contribution >= 4 is 5.65 Å². The lowest BCUT2D eigenvalue weighted by Crippen LogP contribution is -2.19. The molecule has 2 aliphatic rings. The highest BCUT2D eigenvalue weighted by atomic mass is 19.1. The Bertz CT molecular complexity index is 1440. The van der Waals surface area contributed by atoms with Crippen molar-refractivity contribution in [3.63, 3.8) is 0 Å². The van der Waals surface area contributed by atoms with Crippen LogP contribution in [0.25, 0.3) is 16.8 Å². The third-order valence-corrected chi connectivity index (χ3v) is 7.19. The standard InChI is InChI=1S/C28H26FN5O2/c29-23-13-26-33-24-9-12-36-28(21-4-2-1-3-19(21)14-30)27(24)34(26)17-22(23)20-15-31-25(32-16-20)6-5-18-7-10-35-11-8-18/h1-4,13,15-18,28H,5-12H2. The van der Waals surface area contributed by atoms with Crippen LogP contribution in [-0.2, 0) is 22.3 Å². The van der Waals surface area contributed by atoms with E-state index in [-0.39, 0.29) is 5.82 Å². The van der Waals surface area contributed by atoms with E-state index in [1.54, 1.807) is 24.7 Å². The summed E-state index contributed by atoms with van der Waals surface area (Å²) in [5.74, 6) is 1.04. The smallest absolute Gasteiger partial charge is 0.140 e. The van der Waals surface area contributed by atoms with Crippen LogP contribution in [0.1, 0.15) is 53.7 Å². The van der Waals surface area contributed by atoms with Crippen LogP contribution in [-0.4, -0.2) is 39.2 Å². The van der Waals surface area contributed by atoms with Crippen LogP contribution in [0.4, 0.5) is 4.39 Å². The lowest BCUT2D eigenvalue weighted by Gasteiger charge is -2.24. The van der Waals surface area contributed by atoms with Gasteiger partial charge in [-0.15, -0.1) is 0 Å². The van der Waals surface area contributed by atoms with Crippen LogP contribution >= 0.6 is 0 Å². The summed E-state index contributed by atoms with van der Waals surface area (Å²) in [6, 6.07) is 11.1. The molecule has 1 saturated heterocycles. The summed E-state index contributed by atoms with van der Waals surface area (Å²) < 4.78 is 28.6. The Kier molecular flexibility index (Phi) is 6.18. The highest BCUT2D eigenvalue weighted by Crippen LogP contribution is 2.36. The molecule has 0 N–H and O–H groups in total. The summed E-state index contributed by atoms with van der Waals surface area (Å²) in [6.45, 7) is 2.15. The molecule has 1 aromatic carbocycles. The Hall–Kier alpha value is -3.67. The minimum Gasteiger partial charge on any atom is -0.381 e. The Balaban J connectivity index is 1.33. The zero-order valence-electron chi connectivity index (χ0n) is 19.9. The first-order valence-corrected chi connectivity index (χ1v) is 12.4. The van der Waals surface area contributed by atoms with E-state index in [2.05, 4.69) is 21.0 Å². The normalized spacial score (nSPS) is 18.2. The summed E-state index contributed by atoms with van der Waals surface area (Å²) >= 11 is 0. The lowest BCUT2D eigenvalue weighted by molar-refractivity contribution is 0.0638. The average molecular weight is 484 g/mol. The largest absolute Gasteiger partial charge is 0.381 e. The number of pyridine rings is 1. The third kappa shape index (κ3) is 4.25. The van der Waals surface area contributed by atoms with Crippen LogP contribution in [0.5, 0.6) is 0 Å². The predicted molar refractivity (Wildman–Crippen MR) is 131 cm³/mol. The van der Waals surface area contributed by atoms with E-state index in [9.17, 15) is 5.26 Å². The summed E-state index contributed by atoms with van der Waals surface area (Å²) in [4.78, 5) is 13.7. The molecule has 36 heavy (non-hydrogen) atoms. The van der Waals surface area contributed by atoms with Gasteiger partial charge in [-0.3, -0.25) is 4.40 Å². The van der Waals surface area contributed by atoms with Gasteiger partial charge in [0.2, 0.25) is 0 Å². The monoisotopic (exact) mass is 483 g/mol. The highest BCUT2D eigenvalue weighted by molar-refractivity contribution is 5.65. The van der Waals surface area contributed by atoms with Crippen molar-refractivity contribution in [1.29, 1.82) is 5.26 Å². The van der Waals surface area contributed by atoms with Crippen LogP contribution in [0.3, 0.4) is 0 Å². The number of aromatic nitrogens is 4. The van der Waals surface area contributed by atoms with Crippen molar-refractivity contribution in [2.75, 3.05) is 19.8 Å². The topological polar surface area (TPSA) is 85.3 Å². The molecule has 0 radical (unpaired) electrons. The lowest BCUT2D eigenvalue weighted by atomic mass is 9.95. The molecule has 0 aliphatic carbocycles. The number of rotatable bonds is 5. The average Bonchev–Trinajstić information content (AvgIpc) is 3.29. The van der Waals surface area contributed by atoms with Crippen LogP contribution in [0.15, 0.2) is 48.9 Å². The fraction of sp³-hybridized carbons (Fsp3) is 0.357. The quantitative estimate of drug-likeness (QED) is 0.405. The van der Waals surface area contributed by atoms with Crippen molar-refractivity contribution in [1.82, 2.24) is 19.4 Å². The highest BCUT2D eigenvalue weighted by Gasteiger charge is 2.30. The summed E-state index contributed by atoms with van der Waals surface area (Å²) in [5, 5.41) is 9.63. The zero-order chi connectivity index (χ0) is 24.5. The van der Waals surface area contributed by atoms with Crippen molar-refractivity contribution < 1.29 is 13.9 Å². The summed E-state index contributed by atoms with van der Waals surface area (Å²) in [5.41, 5.74) is 4.54. The molecule has 8 heteroatoms. The fourth-order valence-electron chi connectivity index (χ4n) is 5.21. The Labute approximate surface area is 208 Å². The third-order valence-electron chi connectivity index (χ3n) is 7.19. The van der Waals surface area contributed by atoms with Crippen LogP contribution < -0.4 is 0 Å². The SMILES string of the molecule is N#Cc1ccccc1C1OCCc2nc3cc(F)c(-c4cnc(CCC5CCOCC5)nc4)cn3c21. The molecular weight excluding hydrogens is 457 g/mol. The second kappa shape index (κ2) is 9.76. The van der Waals surface area contributed by atoms with Gasteiger partial charge >= 0.3 is 0 Å². The van der Waals surface area contributed by atoms with E-state index in [4.69, 9.17) is 9.47 Å². The van der Waals surface area contributed by atoms with Gasteiger partial charge in [0.15, 0.2) is 0 Å². The van der Waals surface area contributed by atoms with Gasteiger partial charge in [0.05, 0.1) is 29.6 Å². The van der Waals surface area contributed by atoms with Gasteiger partial charge < -0.3 is 9.47 Å². The molecule has 0 amide bonds. The zero-order valence-corrected chi connectivity index (χ0v) is 19.9. The fourth-order valence-corrected chi connectivity index (χ4v) is 5.21. The maximum Gasteiger partial charge on any atom is 0.140 e. The maximum absolute atomic E-state index is 15.2. The molecule has 3 aromatic heterocycles. The second-order valence-corrected chi connectivity index (χ2v) is 9.39. The van der Waals surface area contributed by atoms with E-state index >= 15 is 4.39 Å². The number of imidazole rings is 1. The van der Waals surface area contributed by atoms with Gasteiger partial charge in [0, 0.05) is 67.4 Å².